The quantitative estimate of drug-likeness (QED) is 0.715. The summed E-state index contributed by atoms with van der Waals surface area (Å²) in [6, 6.07) is 9.60. The molecule has 1 amide bonds. The summed E-state index contributed by atoms with van der Waals surface area (Å²) in [4.78, 5) is 19.3. The smallest absolute Gasteiger partial charge is 0.241 e. The number of aryl methyl sites for hydroxylation is 3. The Kier molecular flexibility index (Phi) is 5.44. The van der Waals surface area contributed by atoms with Crippen molar-refractivity contribution in [3.05, 3.63) is 53.4 Å². The number of amides is 1. The second-order valence-corrected chi connectivity index (χ2v) is 7.59. The van der Waals surface area contributed by atoms with Crippen molar-refractivity contribution in [2.45, 2.75) is 52.6 Å². The molecule has 0 radical (unpaired) electrons. The van der Waals surface area contributed by atoms with Gasteiger partial charge in [-0.3, -0.25) is 9.69 Å². The van der Waals surface area contributed by atoms with Crippen LogP contribution in [0.3, 0.4) is 0 Å². The molecule has 1 atom stereocenters. The van der Waals surface area contributed by atoms with Gasteiger partial charge in [0.1, 0.15) is 0 Å². The first kappa shape index (κ1) is 19.3. The van der Waals surface area contributed by atoms with E-state index in [1.54, 1.807) is 6.92 Å². The second-order valence-electron chi connectivity index (χ2n) is 7.59. The molecule has 1 N–H and O–H groups in total. The van der Waals surface area contributed by atoms with Crippen LogP contribution in [0.1, 0.15) is 42.4 Å². The number of hydrogen-bond donors (Lipinski definition) is 1. The van der Waals surface area contributed by atoms with Crippen LogP contribution in [-0.2, 0) is 11.3 Å². The summed E-state index contributed by atoms with van der Waals surface area (Å²) >= 11 is 0. The molecule has 4 rings (SSSR count). The molecule has 1 aliphatic heterocycles. The molecule has 8 heteroatoms. The van der Waals surface area contributed by atoms with Crippen molar-refractivity contribution in [3.63, 3.8) is 0 Å². The number of hydrogen-bond acceptors (Lipinski definition) is 6. The van der Waals surface area contributed by atoms with Crippen LogP contribution in [0.25, 0.3) is 5.69 Å². The lowest BCUT2D eigenvalue weighted by Gasteiger charge is -2.33. The molecule has 0 aliphatic carbocycles. The third-order valence-corrected chi connectivity index (χ3v) is 5.21. The Hall–Kier alpha value is -3.00. The maximum Gasteiger partial charge on any atom is 0.241 e. The molecule has 0 saturated carbocycles. The van der Waals surface area contributed by atoms with Gasteiger partial charge in [-0.1, -0.05) is 11.6 Å². The maximum absolute atomic E-state index is 12.9. The Morgan fingerprint density at radius 2 is 2.00 bits per heavy atom. The van der Waals surface area contributed by atoms with E-state index in [9.17, 15) is 4.79 Å². The average molecular weight is 394 g/mol. The topological polar surface area (TPSA) is 89.1 Å². The van der Waals surface area contributed by atoms with E-state index in [2.05, 4.69) is 25.5 Å². The number of likely N-dealkylation sites (tertiary alicyclic amines) is 1. The molecule has 0 spiro atoms. The van der Waals surface area contributed by atoms with Crippen LogP contribution in [0.15, 0.2) is 34.9 Å². The van der Waals surface area contributed by atoms with Gasteiger partial charge < -0.3 is 9.84 Å². The molecule has 152 valence electrons. The zero-order valence-electron chi connectivity index (χ0n) is 17.1. The van der Waals surface area contributed by atoms with E-state index in [-0.39, 0.29) is 11.9 Å². The van der Waals surface area contributed by atoms with Gasteiger partial charge in [-0.25, -0.2) is 4.68 Å². The lowest BCUT2D eigenvalue weighted by molar-refractivity contribution is -0.122. The number of benzene rings is 1. The maximum atomic E-state index is 12.9. The van der Waals surface area contributed by atoms with Gasteiger partial charge in [-0.2, -0.15) is 10.1 Å². The summed E-state index contributed by atoms with van der Waals surface area (Å²) in [5.74, 6) is 1.16. The molecule has 1 aromatic carbocycles. The van der Waals surface area contributed by atoms with Crippen molar-refractivity contribution in [1.29, 1.82) is 0 Å². The molecular weight excluding hydrogens is 368 g/mol. The minimum Gasteiger partial charge on any atom is -0.338 e. The number of anilines is 1. The van der Waals surface area contributed by atoms with Crippen LogP contribution in [0.4, 0.5) is 5.69 Å². The molecule has 0 unspecified atom stereocenters. The summed E-state index contributed by atoms with van der Waals surface area (Å²) in [5.41, 5.74) is 3.81. The van der Waals surface area contributed by atoms with E-state index in [4.69, 9.17) is 4.52 Å². The average Bonchev–Trinajstić information content (AvgIpc) is 3.27. The van der Waals surface area contributed by atoms with Gasteiger partial charge in [0.15, 0.2) is 5.82 Å². The lowest BCUT2D eigenvalue weighted by atomic mass is 10.0. The molecule has 8 nitrogen and oxygen atoms in total. The Labute approximate surface area is 169 Å². The van der Waals surface area contributed by atoms with Crippen molar-refractivity contribution < 1.29 is 9.32 Å². The van der Waals surface area contributed by atoms with Crippen molar-refractivity contribution >= 4 is 11.6 Å². The fraction of sp³-hybridized carbons (Fsp3) is 0.429. The van der Waals surface area contributed by atoms with Crippen LogP contribution < -0.4 is 5.32 Å². The van der Waals surface area contributed by atoms with Crippen molar-refractivity contribution in [1.82, 2.24) is 24.8 Å². The van der Waals surface area contributed by atoms with Crippen LogP contribution in [0, 0.1) is 20.8 Å². The molecule has 3 aromatic rings. The van der Waals surface area contributed by atoms with Gasteiger partial charge in [0.25, 0.3) is 0 Å². The van der Waals surface area contributed by atoms with Gasteiger partial charge in [0.2, 0.25) is 11.8 Å². The van der Waals surface area contributed by atoms with Crippen molar-refractivity contribution in [3.8, 4) is 5.69 Å². The zero-order chi connectivity index (χ0) is 20.4. The predicted molar refractivity (Wildman–Crippen MR) is 109 cm³/mol. The number of nitrogens with one attached hydrogen (secondary N) is 1. The summed E-state index contributed by atoms with van der Waals surface area (Å²) in [6.45, 7) is 7.14. The standard InChI is InChI=1S/C21H26N6O2/c1-14-12-15(2)27(24-14)18-9-7-17(8-10-18)23-21(28)19-6-4-5-11-26(19)13-20-22-16(3)25-29-20/h7-10,12,19H,4-6,11,13H2,1-3H3,(H,23,28)/t19-/m1/s1. The van der Waals surface area contributed by atoms with E-state index < -0.39 is 0 Å². The summed E-state index contributed by atoms with van der Waals surface area (Å²) in [6.07, 6.45) is 2.92. The minimum absolute atomic E-state index is 0.000184. The van der Waals surface area contributed by atoms with Gasteiger partial charge in [0.05, 0.1) is 24.0 Å². The van der Waals surface area contributed by atoms with E-state index in [0.29, 0.717) is 18.3 Å². The molecule has 29 heavy (non-hydrogen) atoms. The molecule has 1 saturated heterocycles. The Morgan fingerprint density at radius 3 is 2.66 bits per heavy atom. The molecule has 0 bridgehead atoms. The summed E-state index contributed by atoms with van der Waals surface area (Å²) in [5, 5.41) is 11.4. The number of carbonyl (C=O) groups excluding carboxylic acids is 1. The third-order valence-electron chi connectivity index (χ3n) is 5.21. The first-order chi connectivity index (χ1) is 14.0. The second kappa shape index (κ2) is 8.16. The highest BCUT2D eigenvalue weighted by Crippen LogP contribution is 2.22. The van der Waals surface area contributed by atoms with E-state index >= 15 is 0 Å². The van der Waals surface area contributed by atoms with E-state index in [1.807, 2.05) is 48.9 Å². The predicted octanol–water partition coefficient (Wildman–Crippen LogP) is 3.17. The van der Waals surface area contributed by atoms with Crippen LogP contribution in [0.5, 0.6) is 0 Å². The largest absolute Gasteiger partial charge is 0.338 e. The van der Waals surface area contributed by atoms with Crippen LogP contribution in [0.2, 0.25) is 0 Å². The highest BCUT2D eigenvalue weighted by molar-refractivity contribution is 5.94. The Bertz CT molecular complexity index is 991. The van der Waals surface area contributed by atoms with E-state index in [1.165, 1.54) is 0 Å². The molecule has 1 fully saturated rings. The summed E-state index contributed by atoms with van der Waals surface area (Å²) < 4.78 is 7.14. The Morgan fingerprint density at radius 1 is 1.21 bits per heavy atom. The number of piperidine rings is 1. The monoisotopic (exact) mass is 394 g/mol. The van der Waals surface area contributed by atoms with Crippen molar-refractivity contribution in [2.24, 2.45) is 0 Å². The van der Waals surface area contributed by atoms with E-state index in [0.717, 1.165) is 48.6 Å². The highest BCUT2D eigenvalue weighted by Gasteiger charge is 2.30. The molecular formula is C21H26N6O2. The van der Waals surface area contributed by atoms with Gasteiger partial charge in [-0.05, 0) is 70.5 Å². The Balaban J connectivity index is 1.43. The SMILES string of the molecule is Cc1cc(C)n(-c2ccc(NC(=O)[C@H]3CCCCN3Cc3nc(C)no3)cc2)n1. The first-order valence-corrected chi connectivity index (χ1v) is 9.97. The molecule has 3 heterocycles. The fourth-order valence-electron chi connectivity index (χ4n) is 3.86. The third kappa shape index (κ3) is 4.37. The number of carbonyl (C=O) groups is 1. The normalized spacial score (nSPS) is 17.4. The lowest BCUT2D eigenvalue weighted by Crippen LogP contribution is -2.46. The van der Waals surface area contributed by atoms with Gasteiger partial charge in [-0.15, -0.1) is 0 Å². The minimum atomic E-state index is -0.202. The molecule has 2 aromatic heterocycles. The van der Waals surface area contributed by atoms with Gasteiger partial charge in [0, 0.05) is 11.4 Å². The number of rotatable bonds is 5. The first-order valence-electron chi connectivity index (χ1n) is 9.97. The number of aromatic nitrogens is 4. The fourth-order valence-corrected chi connectivity index (χ4v) is 3.86. The number of nitrogens with zero attached hydrogens (tertiary/aromatic N) is 5. The zero-order valence-corrected chi connectivity index (χ0v) is 17.1. The highest BCUT2D eigenvalue weighted by atomic mass is 16.5. The molecule has 1 aliphatic rings. The van der Waals surface area contributed by atoms with Crippen LogP contribution >= 0.6 is 0 Å². The van der Waals surface area contributed by atoms with Crippen molar-refractivity contribution in [2.75, 3.05) is 11.9 Å². The summed E-state index contributed by atoms with van der Waals surface area (Å²) in [7, 11) is 0. The van der Waals surface area contributed by atoms with Crippen LogP contribution in [-0.4, -0.2) is 43.3 Å². The van der Waals surface area contributed by atoms with Gasteiger partial charge >= 0.3 is 0 Å².